The summed E-state index contributed by atoms with van der Waals surface area (Å²) < 4.78 is 34.7. The summed E-state index contributed by atoms with van der Waals surface area (Å²) in [5.41, 5.74) is 3.57. The highest BCUT2D eigenvalue weighted by molar-refractivity contribution is 7.86. The number of piperazine rings is 1. The van der Waals surface area contributed by atoms with E-state index < -0.39 is 10.2 Å². The number of aryl methyl sites for hydroxylation is 1. The van der Waals surface area contributed by atoms with Crippen LogP contribution in [0.15, 0.2) is 24.3 Å². The van der Waals surface area contributed by atoms with Gasteiger partial charge in [0, 0.05) is 53.0 Å². The van der Waals surface area contributed by atoms with E-state index in [9.17, 15) is 13.5 Å². The lowest BCUT2D eigenvalue weighted by Crippen LogP contribution is -2.51. The second-order valence-electron chi connectivity index (χ2n) is 7.26. The molecule has 1 aromatic heterocycles. The third-order valence-electron chi connectivity index (χ3n) is 5.28. The molecule has 0 spiro atoms. The van der Waals surface area contributed by atoms with Gasteiger partial charge in [-0.2, -0.15) is 22.1 Å². The standard InChI is InChI=1S/C19H29N5O4S/c1-15-18(20-22(4)19(15)13-25)14-28-17-7-5-16(6-8-17)23-9-11-24(12-10-23)29(26,27)21(2)3/h5-8,25H,9-14H2,1-4H3. The molecule has 0 radical (unpaired) electrons. The molecule has 1 aliphatic rings. The van der Waals surface area contributed by atoms with E-state index in [0.717, 1.165) is 28.4 Å². The molecule has 160 valence electrons. The summed E-state index contributed by atoms with van der Waals surface area (Å²) in [7, 11) is 1.56. The number of benzene rings is 1. The molecule has 0 atom stereocenters. The number of hydrogen-bond acceptors (Lipinski definition) is 6. The van der Waals surface area contributed by atoms with Crippen molar-refractivity contribution >= 4 is 15.9 Å². The Morgan fingerprint density at radius 1 is 1.14 bits per heavy atom. The van der Waals surface area contributed by atoms with E-state index in [2.05, 4.69) is 10.00 Å². The summed E-state index contributed by atoms with van der Waals surface area (Å²) in [5.74, 6) is 0.734. The highest BCUT2D eigenvalue weighted by Gasteiger charge is 2.28. The zero-order chi connectivity index (χ0) is 21.2. The summed E-state index contributed by atoms with van der Waals surface area (Å²) in [4.78, 5) is 2.17. The summed E-state index contributed by atoms with van der Waals surface area (Å²) in [5, 5.41) is 13.8. The number of anilines is 1. The van der Waals surface area contributed by atoms with E-state index in [1.807, 2.05) is 31.2 Å². The maximum absolute atomic E-state index is 12.2. The largest absolute Gasteiger partial charge is 0.487 e. The molecule has 0 amide bonds. The van der Waals surface area contributed by atoms with Crippen LogP contribution in [-0.4, -0.2) is 72.2 Å². The van der Waals surface area contributed by atoms with Crippen molar-refractivity contribution < 1.29 is 18.3 Å². The quantitative estimate of drug-likeness (QED) is 0.706. The van der Waals surface area contributed by atoms with Crippen molar-refractivity contribution in [1.82, 2.24) is 18.4 Å². The van der Waals surface area contributed by atoms with E-state index in [1.54, 1.807) is 25.8 Å². The highest BCUT2D eigenvalue weighted by Crippen LogP contribution is 2.23. The Kier molecular flexibility index (Phi) is 6.47. The lowest BCUT2D eigenvalue weighted by Gasteiger charge is -2.36. The minimum absolute atomic E-state index is 0.0485. The molecule has 0 unspecified atom stereocenters. The topological polar surface area (TPSA) is 91.1 Å². The Hall–Kier alpha value is -2.14. The van der Waals surface area contributed by atoms with Crippen LogP contribution < -0.4 is 9.64 Å². The Bertz CT molecular complexity index is 932. The molecule has 2 heterocycles. The first-order valence-corrected chi connectivity index (χ1v) is 10.9. The first-order chi connectivity index (χ1) is 13.7. The smallest absolute Gasteiger partial charge is 0.281 e. The summed E-state index contributed by atoms with van der Waals surface area (Å²) in [6.07, 6.45) is 0. The van der Waals surface area contributed by atoms with Crippen LogP contribution in [0.4, 0.5) is 5.69 Å². The molecular weight excluding hydrogens is 394 g/mol. The van der Waals surface area contributed by atoms with E-state index in [4.69, 9.17) is 4.74 Å². The van der Waals surface area contributed by atoms with Gasteiger partial charge in [0.05, 0.1) is 12.3 Å². The molecule has 1 aromatic carbocycles. The molecule has 2 aromatic rings. The van der Waals surface area contributed by atoms with Crippen molar-refractivity contribution in [3.63, 3.8) is 0 Å². The van der Waals surface area contributed by atoms with E-state index in [1.165, 1.54) is 8.61 Å². The molecule has 0 aliphatic carbocycles. The monoisotopic (exact) mass is 423 g/mol. The highest BCUT2D eigenvalue weighted by atomic mass is 32.2. The summed E-state index contributed by atoms with van der Waals surface area (Å²) in [6.45, 7) is 4.42. The van der Waals surface area contributed by atoms with Gasteiger partial charge in [0.15, 0.2) is 0 Å². The molecular formula is C19H29N5O4S. The minimum atomic E-state index is -3.36. The minimum Gasteiger partial charge on any atom is -0.487 e. The molecule has 29 heavy (non-hydrogen) atoms. The first kappa shape index (κ1) is 21.6. The molecule has 0 bridgehead atoms. The van der Waals surface area contributed by atoms with Gasteiger partial charge in [-0.15, -0.1) is 0 Å². The molecule has 1 N–H and O–H groups in total. The van der Waals surface area contributed by atoms with E-state index in [0.29, 0.717) is 32.8 Å². The summed E-state index contributed by atoms with van der Waals surface area (Å²) in [6, 6.07) is 7.78. The van der Waals surface area contributed by atoms with Gasteiger partial charge in [0.2, 0.25) is 0 Å². The predicted molar refractivity (Wildman–Crippen MR) is 111 cm³/mol. The van der Waals surface area contributed by atoms with Gasteiger partial charge in [-0.1, -0.05) is 0 Å². The van der Waals surface area contributed by atoms with Crippen molar-refractivity contribution in [2.75, 3.05) is 45.2 Å². The maximum atomic E-state index is 12.2. The van der Waals surface area contributed by atoms with Crippen LogP contribution in [0.3, 0.4) is 0 Å². The zero-order valence-corrected chi connectivity index (χ0v) is 18.2. The molecule has 10 heteroatoms. The second-order valence-corrected chi connectivity index (χ2v) is 9.40. The number of hydrogen-bond donors (Lipinski definition) is 1. The number of nitrogens with zero attached hydrogens (tertiary/aromatic N) is 5. The van der Waals surface area contributed by atoms with E-state index in [-0.39, 0.29) is 6.61 Å². The number of rotatable bonds is 7. The van der Waals surface area contributed by atoms with Crippen LogP contribution >= 0.6 is 0 Å². The van der Waals surface area contributed by atoms with Crippen LogP contribution in [0.2, 0.25) is 0 Å². The molecule has 9 nitrogen and oxygen atoms in total. The average Bonchev–Trinajstić information content (AvgIpc) is 2.99. The normalized spacial score (nSPS) is 15.9. The summed E-state index contributed by atoms with van der Waals surface area (Å²) >= 11 is 0. The average molecular weight is 424 g/mol. The van der Waals surface area contributed by atoms with Crippen LogP contribution in [0.1, 0.15) is 17.0 Å². The lowest BCUT2D eigenvalue weighted by atomic mass is 10.2. The van der Waals surface area contributed by atoms with Crippen molar-refractivity contribution in [3.8, 4) is 5.75 Å². The van der Waals surface area contributed by atoms with Crippen LogP contribution in [0.25, 0.3) is 0 Å². The fourth-order valence-corrected chi connectivity index (χ4v) is 4.48. The van der Waals surface area contributed by atoms with Gasteiger partial charge in [-0.25, -0.2) is 0 Å². The van der Waals surface area contributed by atoms with Crippen LogP contribution in [-0.2, 0) is 30.5 Å². The van der Waals surface area contributed by atoms with Crippen LogP contribution in [0.5, 0.6) is 5.75 Å². The third-order valence-corrected chi connectivity index (χ3v) is 7.22. The van der Waals surface area contributed by atoms with Crippen molar-refractivity contribution in [1.29, 1.82) is 0 Å². The SMILES string of the molecule is Cc1c(COc2ccc(N3CCN(S(=O)(=O)N(C)C)CC3)cc2)nn(C)c1CO. The molecule has 3 rings (SSSR count). The molecule has 0 saturated carbocycles. The van der Waals surface area contributed by atoms with Gasteiger partial charge in [-0.3, -0.25) is 4.68 Å². The zero-order valence-electron chi connectivity index (χ0n) is 17.4. The fraction of sp³-hybridized carbons (Fsp3) is 0.526. The lowest BCUT2D eigenvalue weighted by molar-refractivity contribution is 0.270. The fourth-order valence-electron chi connectivity index (χ4n) is 3.40. The number of ether oxygens (including phenoxy) is 1. The first-order valence-electron chi connectivity index (χ1n) is 9.51. The van der Waals surface area contributed by atoms with Crippen molar-refractivity contribution in [2.24, 2.45) is 7.05 Å². The van der Waals surface area contributed by atoms with Crippen molar-refractivity contribution in [3.05, 3.63) is 41.2 Å². The van der Waals surface area contributed by atoms with Crippen molar-refractivity contribution in [2.45, 2.75) is 20.1 Å². The van der Waals surface area contributed by atoms with Gasteiger partial charge < -0.3 is 14.7 Å². The van der Waals surface area contributed by atoms with Gasteiger partial charge in [0.1, 0.15) is 18.1 Å². The molecule has 1 saturated heterocycles. The Morgan fingerprint density at radius 3 is 2.28 bits per heavy atom. The molecule has 1 fully saturated rings. The Balaban J connectivity index is 1.57. The number of aliphatic hydroxyl groups is 1. The van der Waals surface area contributed by atoms with Gasteiger partial charge in [-0.05, 0) is 36.8 Å². The van der Waals surface area contributed by atoms with E-state index >= 15 is 0 Å². The predicted octanol–water partition coefficient (Wildman–Crippen LogP) is 0.728. The Morgan fingerprint density at radius 2 is 1.76 bits per heavy atom. The number of aromatic nitrogens is 2. The number of aliphatic hydroxyl groups excluding tert-OH is 1. The van der Waals surface area contributed by atoms with Gasteiger partial charge >= 0.3 is 0 Å². The third kappa shape index (κ3) is 4.55. The Labute approximate surface area is 172 Å². The second kappa shape index (κ2) is 8.70. The molecule has 1 aliphatic heterocycles. The maximum Gasteiger partial charge on any atom is 0.281 e. The van der Waals surface area contributed by atoms with Crippen LogP contribution in [0, 0.1) is 6.92 Å². The van der Waals surface area contributed by atoms with Gasteiger partial charge in [0.25, 0.3) is 10.2 Å².